The van der Waals surface area contributed by atoms with Crippen molar-refractivity contribution in [1.82, 2.24) is 0 Å². The smallest absolute Gasteiger partial charge is 0.231 e. The highest BCUT2D eigenvalue weighted by molar-refractivity contribution is 6.18. The Hall–Kier alpha value is -2.60. The topological polar surface area (TPSA) is 63.2 Å². The van der Waals surface area contributed by atoms with Gasteiger partial charge in [0.15, 0.2) is 41.5 Å². The first-order valence-corrected chi connectivity index (χ1v) is 8.23. The molecule has 0 saturated heterocycles. The fourth-order valence-corrected chi connectivity index (χ4v) is 3.16. The highest BCUT2D eigenvalue weighted by Gasteiger charge is 2.34. The Morgan fingerprint density at radius 2 is 1.92 bits per heavy atom. The Labute approximate surface area is 149 Å². The van der Waals surface area contributed by atoms with Crippen LogP contribution in [0.4, 0.5) is 0 Å². The van der Waals surface area contributed by atoms with Gasteiger partial charge in [-0.15, -0.1) is 11.6 Å². The van der Waals surface area contributed by atoms with Gasteiger partial charge in [0, 0.05) is 11.6 Å². The molecule has 25 heavy (non-hydrogen) atoms. The van der Waals surface area contributed by atoms with E-state index in [1.165, 1.54) is 7.11 Å². The summed E-state index contributed by atoms with van der Waals surface area (Å²) in [5.41, 5.74) is 1.25. The third-order valence-electron chi connectivity index (χ3n) is 4.17. The van der Waals surface area contributed by atoms with Crippen molar-refractivity contribution >= 4 is 17.9 Å². The quantitative estimate of drug-likeness (QED) is 0.614. The van der Waals surface area contributed by atoms with Crippen LogP contribution in [0.15, 0.2) is 30.3 Å². The zero-order valence-electron chi connectivity index (χ0n) is 13.4. The Morgan fingerprint density at radius 3 is 2.68 bits per heavy atom. The van der Waals surface area contributed by atoms with Crippen LogP contribution in [0.3, 0.4) is 0 Å². The van der Waals surface area contributed by atoms with Gasteiger partial charge in [0.1, 0.15) is 5.75 Å². The van der Waals surface area contributed by atoms with Crippen molar-refractivity contribution in [2.75, 3.05) is 19.8 Å². The second-order valence-corrected chi connectivity index (χ2v) is 5.93. The van der Waals surface area contributed by atoms with Gasteiger partial charge in [-0.2, -0.15) is 0 Å². The molecule has 0 bridgehead atoms. The molecule has 2 heterocycles. The summed E-state index contributed by atoms with van der Waals surface area (Å²) in [6, 6.07) is 8.82. The lowest BCUT2D eigenvalue weighted by molar-refractivity contribution is 0.0322. The number of ether oxygens (including phenoxy) is 5. The number of rotatable bonds is 4. The van der Waals surface area contributed by atoms with Crippen molar-refractivity contribution in [1.29, 1.82) is 0 Å². The minimum Gasteiger partial charge on any atom is -0.496 e. The summed E-state index contributed by atoms with van der Waals surface area (Å²) in [6.07, 6.45) is -0.129. The van der Waals surface area contributed by atoms with E-state index in [9.17, 15) is 4.79 Å². The van der Waals surface area contributed by atoms with Crippen molar-refractivity contribution in [2.24, 2.45) is 0 Å². The van der Waals surface area contributed by atoms with Crippen molar-refractivity contribution in [3.8, 4) is 28.7 Å². The van der Waals surface area contributed by atoms with Crippen molar-refractivity contribution in [3.63, 3.8) is 0 Å². The summed E-state index contributed by atoms with van der Waals surface area (Å²) in [4.78, 5) is 11.2. The number of methoxy groups -OCH3 is 1. The molecule has 2 atom stereocenters. The molecule has 6 nitrogen and oxygen atoms in total. The summed E-state index contributed by atoms with van der Waals surface area (Å²) >= 11 is 6.09. The normalized spacial score (nSPS) is 20.2. The lowest BCUT2D eigenvalue weighted by Gasteiger charge is -2.33. The first kappa shape index (κ1) is 15.9. The van der Waals surface area contributed by atoms with Gasteiger partial charge in [0.25, 0.3) is 0 Å². The number of aldehydes is 1. The van der Waals surface area contributed by atoms with Crippen LogP contribution in [0.25, 0.3) is 0 Å². The van der Waals surface area contributed by atoms with Gasteiger partial charge in [0.2, 0.25) is 6.79 Å². The molecule has 130 valence electrons. The molecule has 0 spiro atoms. The molecule has 2 aromatic rings. The average Bonchev–Trinajstić information content (AvgIpc) is 3.13. The Morgan fingerprint density at radius 1 is 1.12 bits per heavy atom. The van der Waals surface area contributed by atoms with Crippen molar-refractivity contribution in [3.05, 3.63) is 41.5 Å². The van der Waals surface area contributed by atoms with Gasteiger partial charge in [0.05, 0.1) is 18.6 Å². The van der Waals surface area contributed by atoms with Crippen LogP contribution in [0.2, 0.25) is 0 Å². The molecule has 0 amide bonds. The fourth-order valence-electron chi connectivity index (χ4n) is 2.93. The van der Waals surface area contributed by atoms with Gasteiger partial charge < -0.3 is 23.7 Å². The lowest BCUT2D eigenvalue weighted by atomic mass is 10.0. The summed E-state index contributed by atoms with van der Waals surface area (Å²) in [5.74, 6) is 2.96. The molecular formula is C18H15ClO6. The minimum absolute atomic E-state index is 0.203. The van der Waals surface area contributed by atoms with Gasteiger partial charge in [-0.3, -0.25) is 4.79 Å². The maximum atomic E-state index is 11.2. The molecule has 0 aromatic heterocycles. The van der Waals surface area contributed by atoms with E-state index in [2.05, 4.69) is 0 Å². The molecule has 0 fully saturated rings. The van der Waals surface area contributed by atoms with Crippen LogP contribution >= 0.6 is 11.6 Å². The standard InChI is InChI=1S/C18H15ClO6/c1-21-13-6-16-15(5-11(13)8-20)24-17(7-19)18(25-16)10-2-3-12-14(4-10)23-9-22-12/h2-6,8,17-18H,7,9H2,1H3/t17-,18+/m1/s1. The zero-order chi connectivity index (χ0) is 17.4. The zero-order valence-corrected chi connectivity index (χ0v) is 14.1. The van der Waals surface area contributed by atoms with E-state index in [1.807, 2.05) is 18.2 Å². The molecule has 2 aromatic carbocycles. The van der Waals surface area contributed by atoms with Crippen LogP contribution < -0.4 is 23.7 Å². The fraction of sp³-hybridized carbons (Fsp3) is 0.278. The maximum absolute atomic E-state index is 11.2. The number of carbonyl (C=O) groups is 1. The third kappa shape index (κ3) is 2.72. The molecule has 0 unspecified atom stereocenters. The monoisotopic (exact) mass is 362 g/mol. The number of carbonyl (C=O) groups excluding carboxylic acids is 1. The van der Waals surface area contributed by atoms with Gasteiger partial charge >= 0.3 is 0 Å². The SMILES string of the molecule is COc1cc2c(cc1C=O)O[C@H](CCl)[C@H](c1ccc3c(c1)OCO3)O2. The molecule has 2 aliphatic rings. The van der Waals surface area contributed by atoms with E-state index >= 15 is 0 Å². The van der Waals surface area contributed by atoms with Crippen LogP contribution in [-0.4, -0.2) is 32.2 Å². The summed E-state index contributed by atoms with van der Waals surface area (Å²) in [5, 5.41) is 0. The highest BCUT2D eigenvalue weighted by Crippen LogP contribution is 2.44. The number of halogens is 1. The summed E-state index contributed by atoms with van der Waals surface area (Å²) < 4.78 is 28.1. The predicted molar refractivity (Wildman–Crippen MR) is 89.5 cm³/mol. The van der Waals surface area contributed by atoms with Crippen molar-refractivity contribution in [2.45, 2.75) is 12.2 Å². The maximum Gasteiger partial charge on any atom is 0.231 e. The molecule has 7 heteroatoms. The second-order valence-electron chi connectivity index (χ2n) is 5.62. The van der Waals surface area contributed by atoms with Gasteiger partial charge in [-0.1, -0.05) is 6.07 Å². The van der Waals surface area contributed by atoms with E-state index in [0.29, 0.717) is 40.6 Å². The van der Waals surface area contributed by atoms with Gasteiger partial charge in [-0.25, -0.2) is 0 Å². The van der Waals surface area contributed by atoms with E-state index < -0.39 is 12.2 Å². The number of hydrogen-bond donors (Lipinski definition) is 0. The van der Waals surface area contributed by atoms with E-state index in [0.717, 1.165) is 5.56 Å². The summed E-state index contributed by atoms with van der Waals surface area (Å²) in [6.45, 7) is 0.203. The first-order chi connectivity index (χ1) is 12.2. The first-order valence-electron chi connectivity index (χ1n) is 7.69. The number of benzene rings is 2. The largest absolute Gasteiger partial charge is 0.496 e. The Kier molecular flexibility index (Phi) is 4.05. The Balaban J connectivity index is 1.72. The van der Waals surface area contributed by atoms with Crippen LogP contribution in [-0.2, 0) is 0 Å². The Bertz CT molecular complexity index is 821. The van der Waals surface area contributed by atoms with Crippen LogP contribution in [0.1, 0.15) is 22.0 Å². The second kappa shape index (κ2) is 6.37. The molecule has 4 rings (SSSR count). The number of hydrogen-bond acceptors (Lipinski definition) is 6. The number of fused-ring (bicyclic) bond motifs is 2. The van der Waals surface area contributed by atoms with E-state index in [1.54, 1.807) is 12.1 Å². The molecule has 0 radical (unpaired) electrons. The molecular weight excluding hydrogens is 348 g/mol. The lowest BCUT2D eigenvalue weighted by Crippen LogP contribution is -2.34. The van der Waals surface area contributed by atoms with E-state index in [-0.39, 0.29) is 12.7 Å². The molecule has 2 aliphatic heterocycles. The predicted octanol–water partition coefficient (Wildman–Crippen LogP) is 3.36. The van der Waals surface area contributed by atoms with Crippen LogP contribution in [0.5, 0.6) is 28.7 Å². The summed E-state index contributed by atoms with van der Waals surface area (Å²) in [7, 11) is 1.50. The van der Waals surface area contributed by atoms with E-state index in [4.69, 9.17) is 35.3 Å². The van der Waals surface area contributed by atoms with Crippen molar-refractivity contribution < 1.29 is 28.5 Å². The number of alkyl halides is 1. The third-order valence-corrected chi connectivity index (χ3v) is 4.47. The highest BCUT2D eigenvalue weighted by atomic mass is 35.5. The molecule has 0 aliphatic carbocycles. The molecule has 0 saturated carbocycles. The average molecular weight is 363 g/mol. The minimum atomic E-state index is -0.425. The van der Waals surface area contributed by atoms with Crippen LogP contribution in [0, 0.1) is 0 Å². The van der Waals surface area contributed by atoms with Gasteiger partial charge in [-0.05, 0) is 18.2 Å². The molecule has 0 N–H and O–H groups in total.